The molecule has 0 aliphatic carbocycles. The number of carbonyl (C=O) groups is 1. The van der Waals surface area contributed by atoms with Crippen LogP contribution < -0.4 is 14.8 Å². The third-order valence-corrected chi connectivity index (χ3v) is 4.60. The molecule has 1 atom stereocenters. The molecule has 1 aromatic rings. The standard InChI is InChI=1S/C16H26N2O5S/c1-12(2)23-9-8-17-16(19)13(3)11-24(20,21)18-14-6-5-7-15(10-14)22-4/h5-7,10,12-13,18H,8-9,11H2,1-4H3,(H,17,19). The van der Waals surface area contributed by atoms with E-state index in [1.54, 1.807) is 31.2 Å². The van der Waals surface area contributed by atoms with E-state index in [0.29, 0.717) is 24.6 Å². The fourth-order valence-corrected chi connectivity index (χ4v) is 3.33. The fourth-order valence-electron chi connectivity index (χ4n) is 1.96. The molecule has 0 aliphatic rings. The van der Waals surface area contributed by atoms with Crippen molar-refractivity contribution in [3.63, 3.8) is 0 Å². The molecule has 7 nitrogen and oxygen atoms in total. The number of sulfonamides is 1. The fraction of sp³-hybridized carbons (Fsp3) is 0.562. The molecule has 0 aromatic heterocycles. The maximum Gasteiger partial charge on any atom is 0.233 e. The first kappa shape index (κ1) is 20.2. The van der Waals surface area contributed by atoms with Crippen molar-refractivity contribution in [3.8, 4) is 5.75 Å². The third kappa shape index (κ3) is 7.65. The lowest BCUT2D eigenvalue weighted by molar-refractivity contribution is -0.124. The Balaban J connectivity index is 2.51. The lowest BCUT2D eigenvalue weighted by atomic mass is 10.2. The van der Waals surface area contributed by atoms with Gasteiger partial charge in [0.2, 0.25) is 15.9 Å². The molecule has 0 bridgehead atoms. The minimum atomic E-state index is -3.65. The van der Waals surface area contributed by atoms with Crippen molar-refractivity contribution in [2.45, 2.75) is 26.9 Å². The Morgan fingerprint density at radius 2 is 1.96 bits per heavy atom. The van der Waals surface area contributed by atoms with Crippen molar-refractivity contribution < 1.29 is 22.7 Å². The Kier molecular flexibility index (Phi) is 8.00. The van der Waals surface area contributed by atoms with E-state index in [9.17, 15) is 13.2 Å². The number of methoxy groups -OCH3 is 1. The summed E-state index contributed by atoms with van der Waals surface area (Å²) in [6, 6.07) is 6.59. The summed E-state index contributed by atoms with van der Waals surface area (Å²) in [5, 5.41) is 2.67. The topological polar surface area (TPSA) is 93.7 Å². The maximum atomic E-state index is 12.2. The van der Waals surface area contributed by atoms with Crippen LogP contribution in [0.4, 0.5) is 5.69 Å². The first-order chi connectivity index (χ1) is 11.2. The second kappa shape index (κ2) is 9.48. The number of ether oxygens (including phenoxy) is 2. The highest BCUT2D eigenvalue weighted by Gasteiger charge is 2.21. The van der Waals surface area contributed by atoms with Gasteiger partial charge < -0.3 is 14.8 Å². The van der Waals surface area contributed by atoms with Gasteiger partial charge >= 0.3 is 0 Å². The molecule has 1 aromatic carbocycles. The number of hydrogen-bond donors (Lipinski definition) is 2. The zero-order valence-corrected chi connectivity index (χ0v) is 15.4. The van der Waals surface area contributed by atoms with Crippen LogP contribution in [0.2, 0.25) is 0 Å². The molecular formula is C16H26N2O5S. The van der Waals surface area contributed by atoms with E-state index in [0.717, 1.165) is 0 Å². The summed E-state index contributed by atoms with van der Waals surface area (Å²) in [6.45, 7) is 6.13. The van der Waals surface area contributed by atoms with Crippen LogP contribution in [0.25, 0.3) is 0 Å². The molecule has 8 heteroatoms. The molecule has 0 radical (unpaired) electrons. The predicted octanol–water partition coefficient (Wildman–Crippen LogP) is 1.61. The first-order valence-electron chi connectivity index (χ1n) is 7.77. The van der Waals surface area contributed by atoms with E-state index in [2.05, 4.69) is 10.0 Å². The Labute approximate surface area is 143 Å². The summed E-state index contributed by atoms with van der Waals surface area (Å²) in [4.78, 5) is 11.9. The summed E-state index contributed by atoms with van der Waals surface area (Å²) >= 11 is 0. The number of hydrogen-bond acceptors (Lipinski definition) is 5. The van der Waals surface area contributed by atoms with Gasteiger partial charge in [-0.2, -0.15) is 0 Å². The Morgan fingerprint density at radius 3 is 2.58 bits per heavy atom. The molecule has 24 heavy (non-hydrogen) atoms. The second-order valence-corrected chi connectivity index (χ2v) is 7.49. The zero-order valence-electron chi connectivity index (χ0n) is 14.5. The van der Waals surface area contributed by atoms with E-state index in [-0.39, 0.29) is 17.8 Å². The van der Waals surface area contributed by atoms with Crippen molar-refractivity contribution >= 4 is 21.6 Å². The average molecular weight is 358 g/mol. The molecule has 0 spiro atoms. The minimum absolute atomic E-state index is 0.0896. The molecular weight excluding hydrogens is 332 g/mol. The van der Waals surface area contributed by atoms with Crippen molar-refractivity contribution in [2.75, 3.05) is 30.7 Å². The summed E-state index contributed by atoms with van der Waals surface area (Å²) in [7, 11) is -2.14. The van der Waals surface area contributed by atoms with Crippen LogP contribution in [-0.4, -0.2) is 46.4 Å². The van der Waals surface area contributed by atoms with Gasteiger partial charge in [-0.15, -0.1) is 0 Å². The molecule has 0 fully saturated rings. The van der Waals surface area contributed by atoms with Crippen LogP contribution in [0, 0.1) is 5.92 Å². The quantitative estimate of drug-likeness (QED) is 0.620. The number of benzene rings is 1. The molecule has 0 heterocycles. The Bertz CT molecular complexity index is 631. The smallest absolute Gasteiger partial charge is 0.233 e. The zero-order chi connectivity index (χ0) is 18.2. The van der Waals surface area contributed by atoms with Gasteiger partial charge in [-0.1, -0.05) is 13.0 Å². The van der Waals surface area contributed by atoms with E-state index in [1.807, 2.05) is 13.8 Å². The first-order valence-corrected chi connectivity index (χ1v) is 9.42. The number of amides is 1. The van der Waals surface area contributed by atoms with Crippen LogP contribution in [-0.2, 0) is 19.6 Å². The van der Waals surface area contributed by atoms with Gasteiger partial charge in [0, 0.05) is 12.6 Å². The third-order valence-electron chi connectivity index (χ3n) is 3.11. The van der Waals surface area contributed by atoms with Gasteiger partial charge in [0.15, 0.2) is 0 Å². The van der Waals surface area contributed by atoms with Crippen molar-refractivity contribution in [1.82, 2.24) is 5.32 Å². The number of anilines is 1. The Hall–Kier alpha value is -1.80. The highest BCUT2D eigenvalue weighted by atomic mass is 32.2. The Morgan fingerprint density at radius 1 is 1.25 bits per heavy atom. The molecule has 1 unspecified atom stereocenters. The van der Waals surface area contributed by atoms with E-state index >= 15 is 0 Å². The lowest BCUT2D eigenvalue weighted by Gasteiger charge is -2.14. The highest BCUT2D eigenvalue weighted by Crippen LogP contribution is 2.18. The summed E-state index contributed by atoms with van der Waals surface area (Å²) in [5.41, 5.74) is 0.396. The van der Waals surface area contributed by atoms with Gasteiger partial charge in [-0.3, -0.25) is 9.52 Å². The summed E-state index contributed by atoms with van der Waals surface area (Å²) in [6.07, 6.45) is 0.0896. The predicted molar refractivity (Wildman–Crippen MR) is 93.7 cm³/mol. The normalized spacial score (nSPS) is 12.7. The van der Waals surface area contributed by atoms with Crippen molar-refractivity contribution in [2.24, 2.45) is 5.92 Å². The molecule has 2 N–H and O–H groups in total. The van der Waals surface area contributed by atoms with Gasteiger partial charge in [0.05, 0.1) is 37.2 Å². The van der Waals surface area contributed by atoms with E-state index in [4.69, 9.17) is 9.47 Å². The van der Waals surface area contributed by atoms with Crippen molar-refractivity contribution in [3.05, 3.63) is 24.3 Å². The van der Waals surface area contributed by atoms with Gasteiger partial charge in [-0.25, -0.2) is 8.42 Å². The second-order valence-electron chi connectivity index (χ2n) is 5.73. The highest BCUT2D eigenvalue weighted by molar-refractivity contribution is 7.92. The molecule has 136 valence electrons. The molecule has 1 amide bonds. The maximum absolute atomic E-state index is 12.2. The monoisotopic (exact) mass is 358 g/mol. The van der Waals surface area contributed by atoms with Crippen LogP contribution in [0.1, 0.15) is 20.8 Å². The van der Waals surface area contributed by atoms with Crippen LogP contribution in [0.3, 0.4) is 0 Å². The number of nitrogens with one attached hydrogen (secondary N) is 2. The van der Waals surface area contributed by atoms with Gasteiger partial charge in [-0.05, 0) is 26.0 Å². The van der Waals surface area contributed by atoms with Crippen LogP contribution in [0.5, 0.6) is 5.75 Å². The molecule has 1 rings (SSSR count). The SMILES string of the molecule is COc1cccc(NS(=O)(=O)CC(C)C(=O)NCCOC(C)C)c1. The molecule has 0 aliphatic heterocycles. The molecule has 0 saturated carbocycles. The van der Waals surface area contributed by atoms with Crippen LogP contribution >= 0.6 is 0 Å². The van der Waals surface area contributed by atoms with Crippen molar-refractivity contribution in [1.29, 1.82) is 0 Å². The number of rotatable bonds is 10. The molecule has 0 saturated heterocycles. The minimum Gasteiger partial charge on any atom is -0.497 e. The van der Waals surface area contributed by atoms with E-state index < -0.39 is 15.9 Å². The summed E-state index contributed by atoms with van der Waals surface area (Å²) in [5.74, 6) is -0.752. The largest absolute Gasteiger partial charge is 0.497 e. The van der Waals surface area contributed by atoms with E-state index in [1.165, 1.54) is 7.11 Å². The lowest BCUT2D eigenvalue weighted by Crippen LogP contribution is -2.36. The van der Waals surface area contributed by atoms with Gasteiger partial charge in [0.25, 0.3) is 0 Å². The average Bonchev–Trinajstić information content (AvgIpc) is 2.50. The summed E-state index contributed by atoms with van der Waals surface area (Å²) < 4.78 is 37.2. The van der Waals surface area contributed by atoms with Crippen LogP contribution in [0.15, 0.2) is 24.3 Å². The number of carbonyl (C=O) groups excluding carboxylic acids is 1. The van der Waals surface area contributed by atoms with Gasteiger partial charge in [0.1, 0.15) is 5.75 Å².